The first-order valence-electron chi connectivity index (χ1n) is 12.5. The summed E-state index contributed by atoms with van der Waals surface area (Å²) in [6, 6.07) is 0.851. The van der Waals surface area contributed by atoms with Gasteiger partial charge in [-0.2, -0.15) is 0 Å². The van der Waals surface area contributed by atoms with E-state index < -0.39 is 8.80 Å². The van der Waals surface area contributed by atoms with E-state index >= 15 is 0 Å². The Morgan fingerprint density at radius 2 is 0.893 bits per heavy atom. The Bertz CT molecular complexity index is 300. The lowest BCUT2D eigenvalue weighted by Gasteiger charge is -2.30. The van der Waals surface area contributed by atoms with Gasteiger partial charge in [0.15, 0.2) is 0 Å². The quantitative estimate of drug-likeness (QED) is 0.131. The molecule has 0 aliphatic heterocycles. The highest BCUT2D eigenvalue weighted by atomic mass is 28.4. The van der Waals surface area contributed by atoms with Gasteiger partial charge < -0.3 is 13.3 Å². The van der Waals surface area contributed by atoms with E-state index in [2.05, 4.69) is 20.8 Å². The molecule has 0 aromatic heterocycles. The molecule has 0 saturated heterocycles. The van der Waals surface area contributed by atoms with E-state index in [1.807, 2.05) is 0 Å². The Labute approximate surface area is 178 Å². The number of hydrogen-bond acceptors (Lipinski definition) is 3. The molecule has 0 rings (SSSR count). The van der Waals surface area contributed by atoms with E-state index in [1.54, 1.807) is 14.2 Å². The third-order valence-corrected chi connectivity index (χ3v) is 8.71. The van der Waals surface area contributed by atoms with Crippen molar-refractivity contribution in [2.24, 2.45) is 0 Å². The first-order chi connectivity index (χ1) is 13.7. The van der Waals surface area contributed by atoms with Crippen LogP contribution in [0.15, 0.2) is 0 Å². The number of hydrogen-bond donors (Lipinski definition) is 0. The van der Waals surface area contributed by atoms with Crippen LogP contribution in [0.1, 0.15) is 130 Å². The van der Waals surface area contributed by atoms with Crippen molar-refractivity contribution in [2.75, 3.05) is 14.2 Å². The maximum absolute atomic E-state index is 6.45. The Morgan fingerprint density at radius 3 is 1.25 bits per heavy atom. The minimum Gasteiger partial charge on any atom is -0.377 e. The van der Waals surface area contributed by atoms with Crippen molar-refractivity contribution in [1.82, 2.24) is 0 Å². The Balaban J connectivity index is 4.00. The summed E-state index contributed by atoms with van der Waals surface area (Å²) in [6.45, 7) is 6.68. The summed E-state index contributed by atoms with van der Waals surface area (Å²) in [5, 5.41) is 0. The fraction of sp³-hybridized carbons (Fsp3) is 1.00. The molecule has 0 radical (unpaired) electrons. The zero-order valence-corrected chi connectivity index (χ0v) is 21.0. The summed E-state index contributed by atoms with van der Waals surface area (Å²) in [5.41, 5.74) is 0. The van der Waals surface area contributed by atoms with Crippen LogP contribution in [0.4, 0.5) is 0 Å². The highest BCUT2D eigenvalue weighted by Crippen LogP contribution is 2.23. The summed E-state index contributed by atoms with van der Waals surface area (Å²) in [5.74, 6) is 0. The van der Waals surface area contributed by atoms with Crippen LogP contribution in [0.3, 0.4) is 0 Å². The summed E-state index contributed by atoms with van der Waals surface area (Å²) < 4.78 is 17.8. The predicted molar refractivity (Wildman–Crippen MR) is 125 cm³/mol. The molecule has 0 bridgehead atoms. The Hall–Kier alpha value is 0.0969. The third kappa shape index (κ3) is 15.0. The van der Waals surface area contributed by atoms with Crippen LogP contribution in [-0.2, 0) is 13.3 Å². The van der Waals surface area contributed by atoms with Gasteiger partial charge in [0.1, 0.15) is 0 Å². The van der Waals surface area contributed by atoms with Gasteiger partial charge in [0.05, 0.1) is 0 Å². The molecule has 0 aliphatic carbocycles. The van der Waals surface area contributed by atoms with Crippen LogP contribution in [0.25, 0.3) is 0 Å². The van der Waals surface area contributed by atoms with Gasteiger partial charge in [0.2, 0.25) is 0 Å². The summed E-state index contributed by atoms with van der Waals surface area (Å²) >= 11 is 0. The number of rotatable bonds is 22. The van der Waals surface area contributed by atoms with Gasteiger partial charge in [0.25, 0.3) is 0 Å². The van der Waals surface area contributed by atoms with Gasteiger partial charge in [-0.05, 0) is 12.8 Å². The van der Waals surface area contributed by atoms with E-state index in [9.17, 15) is 0 Å². The molecule has 4 heteroatoms. The molecular formula is C24H52O3Si. The fourth-order valence-electron chi connectivity index (χ4n) is 3.90. The molecule has 0 amide bonds. The molecule has 28 heavy (non-hydrogen) atoms. The predicted octanol–water partition coefficient (Wildman–Crippen LogP) is 8.29. The zero-order valence-electron chi connectivity index (χ0n) is 20.0. The molecule has 1 atom stereocenters. The molecule has 0 aliphatic rings. The van der Waals surface area contributed by atoms with Gasteiger partial charge in [-0.25, -0.2) is 0 Å². The first kappa shape index (κ1) is 28.1. The normalized spacial score (nSPS) is 13.2. The zero-order chi connectivity index (χ0) is 20.9. The van der Waals surface area contributed by atoms with Crippen molar-refractivity contribution in [1.29, 1.82) is 0 Å². The molecule has 0 spiro atoms. The Kier molecular flexibility index (Phi) is 20.4. The second-order valence-corrected chi connectivity index (χ2v) is 11.5. The third-order valence-electron chi connectivity index (χ3n) is 5.91. The van der Waals surface area contributed by atoms with E-state index in [-0.39, 0.29) is 0 Å². The largest absolute Gasteiger partial charge is 0.500 e. The Morgan fingerprint density at radius 1 is 0.536 bits per heavy atom. The van der Waals surface area contributed by atoms with Crippen molar-refractivity contribution >= 4 is 8.80 Å². The lowest BCUT2D eigenvalue weighted by Crippen LogP contribution is -2.46. The monoisotopic (exact) mass is 416 g/mol. The van der Waals surface area contributed by atoms with Gasteiger partial charge in [0, 0.05) is 26.4 Å². The summed E-state index contributed by atoms with van der Waals surface area (Å²) in [6.07, 6.45) is 23.1. The van der Waals surface area contributed by atoms with Crippen molar-refractivity contribution in [2.45, 2.75) is 142 Å². The van der Waals surface area contributed by atoms with Gasteiger partial charge >= 0.3 is 8.80 Å². The van der Waals surface area contributed by atoms with Crippen LogP contribution >= 0.6 is 0 Å². The van der Waals surface area contributed by atoms with Crippen molar-refractivity contribution in [3.8, 4) is 0 Å². The van der Waals surface area contributed by atoms with Crippen molar-refractivity contribution in [3.63, 3.8) is 0 Å². The average molecular weight is 417 g/mol. The minimum atomic E-state index is -2.45. The molecule has 170 valence electrons. The highest BCUT2D eigenvalue weighted by Gasteiger charge is 2.39. The maximum atomic E-state index is 6.45. The summed E-state index contributed by atoms with van der Waals surface area (Å²) in [7, 11) is 1.04. The topological polar surface area (TPSA) is 27.7 Å². The second-order valence-electron chi connectivity index (χ2n) is 8.36. The van der Waals surface area contributed by atoms with E-state index in [0.29, 0.717) is 6.10 Å². The lowest BCUT2D eigenvalue weighted by molar-refractivity contribution is 0.0457. The van der Waals surface area contributed by atoms with Crippen molar-refractivity contribution < 1.29 is 13.3 Å². The maximum Gasteiger partial charge on any atom is 0.500 e. The smallest absolute Gasteiger partial charge is 0.377 e. The van der Waals surface area contributed by atoms with Crippen LogP contribution in [0.2, 0.25) is 6.04 Å². The molecular weight excluding hydrogens is 364 g/mol. The van der Waals surface area contributed by atoms with Crippen LogP contribution in [0, 0.1) is 0 Å². The molecule has 1 unspecified atom stereocenters. The van der Waals surface area contributed by atoms with Crippen molar-refractivity contribution in [3.05, 3.63) is 0 Å². The molecule has 0 heterocycles. The standard InChI is InChI=1S/C24H52O3Si/c1-6-9-11-13-14-15-16-17-18-19-21-23-24(22-20-12-10-7-2)27-28(8-3,25-4)26-5/h24H,6-23H2,1-5H3. The van der Waals surface area contributed by atoms with E-state index in [4.69, 9.17) is 13.3 Å². The van der Waals surface area contributed by atoms with E-state index in [1.165, 1.54) is 96.3 Å². The second kappa shape index (κ2) is 20.4. The summed E-state index contributed by atoms with van der Waals surface area (Å²) in [4.78, 5) is 0. The number of unbranched alkanes of at least 4 members (excludes halogenated alkanes) is 13. The molecule has 0 fully saturated rings. The van der Waals surface area contributed by atoms with Crippen LogP contribution in [0.5, 0.6) is 0 Å². The van der Waals surface area contributed by atoms with E-state index in [0.717, 1.165) is 18.9 Å². The molecule has 0 aromatic rings. The lowest BCUT2D eigenvalue weighted by atomic mass is 10.0. The molecule has 0 N–H and O–H groups in total. The van der Waals surface area contributed by atoms with Gasteiger partial charge in [-0.3, -0.25) is 0 Å². The SMILES string of the molecule is CCCCCCCCCCCCCC(CCCCCC)O[Si](CC)(OC)OC. The minimum absolute atomic E-state index is 0.307. The van der Waals surface area contributed by atoms with Crippen LogP contribution in [-0.4, -0.2) is 29.1 Å². The first-order valence-corrected chi connectivity index (χ1v) is 14.4. The van der Waals surface area contributed by atoms with Gasteiger partial charge in [-0.15, -0.1) is 0 Å². The molecule has 0 aromatic carbocycles. The molecule has 0 saturated carbocycles. The van der Waals surface area contributed by atoms with Gasteiger partial charge in [-0.1, -0.05) is 117 Å². The fourth-order valence-corrected chi connectivity index (χ4v) is 5.75. The van der Waals surface area contributed by atoms with Crippen LogP contribution < -0.4 is 0 Å². The highest BCUT2D eigenvalue weighted by molar-refractivity contribution is 6.60. The average Bonchev–Trinajstić information content (AvgIpc) is 2.73. The molecule has 3 nitrogen and oxygen atoms in total.